The van der Waals surface area contributed by atoms with E-state index in [0.717, 1.165) is 25.7 Å². The smallest absolute Gasteiger partial charge is 0.161 e. The first-order chi connectivity index (χ1) is 4.84. The predicted octanol–water partition coefficient (Wildman–Crippen LogP) is 2.59. The lowest BCUT2D eigenvalue weighted by molar-refractivity contribution is 0.382. The molecule has 0 aromatic heterocycles. The van der Waals surface area contributed by atoms with Crippen molar-refractivity contribution in [1.82, 2.24) is 0 Å². The van der Waals surface area contributed by atoms with Crippen molar-refractivity contribution < 1.29 is 4.39 Å². The van der Waals surface area contributed by atoms with Crippen LogP contribution in [0.25, 0.3) is 0 Å². The molecule has 1 nitrogen and oxygen atoms in total. The Morgan fingerprint density at radius 2 is 2.20 bits per heavy atom. The molecule has 0 saturated heterocycles. The molecular weight excluding hydrogens is 129 g/mol. The lowest BCUT2D eigenvalue weighted by Gasteiger charge is -2.06. The van der Waals surface area contributed by atoms with Gasteiger partial charge >= 0.3 is 0 Å². The van der Waals surface area contributed by atoms with Crippen molar-refractivity contribution in [1.29, 1.82) is 5.26 Å². The van der Waals surface area contributed by atoms with Crippen LogP contribution in [0, 0.1) is 23.4 Å². The third-order valence-electron chi connectivity index (χ3n) is 1.94. The normalized spacial score (nSPS) is 29.0. The van der Waals surface area contributed by atoms with Crippen LogP contribution in [0.2, 0.25) is 0 Å². The molecule has 0 spiro atoms. The second-order valence-electron chi connectivity index (χ2n) is 2.73. The van der Waals surface area contributed by atoms with Crippen LogP contribution < -0.4 is 0 Å². The van der Waals surface area contributed by atoms with Crippen molar-refractivity contribution in [2.45, 2.75) is 32.1 Å². The summed E-state index contributed by atoms with van der Waals surface area (Å²) >= 11 is 0. The summed E-state index contributed by atoms with van der Waals surface area (Å²) in [5, 5.41) is 8.48. The van der Waals surface area contributed by atoms with Gasteiger partial charge in [-0.3, -0.25) is 0 Å². The van der Waals surface area contributed by atoms with Gasteiger partial charge in [-0.05, 0) is 12.8 Å². The summed E-state index contributed by atoms with van der Waals surface area (Å²) in [5.41, 5.74) is 0. The van der Waals surface area contributed by atoms with Gasteiger partial charge in [0.15, 0.2) is 6.17 Å². The maximum absolute atomic E-state index is 12.8. The average molecular weight is 140 g/mol. The van der Waals surface area contributed by atoms with Crippen LogP contribution >= 0.6 is 0 Å². The third kappa shape index (κ3) is 1.70. The quantitative estimate of drug-likeness (QED) is 0.474. The minimum absolute atomic E-state index is 0.0972. The van der Waals surface area contributed by atoms with E-state index < -0.39 is 5.92 Å². The van der Waals surface area contributed by atoms with E-state index in [1.54, 1.807) is 0 Å². The van der Waals surface area contributed by atoms with Crippen molar-refractivity contribution in [2.75, 3.05) is 0 Å². The molecule has 0 amide bonds. The highest BCUT2D eigenvalue weighted by atomic mass is 19.1. The number of rotatable bonds is 0. The molecular formula is C8H11FN. The van der Waals surface area contributed by atoms with Gasteiger partial charge in [-0.15, -0.1) is 0 Å². The predicted molar refractivity (Wildman–Crippen MR) is 36.5 cm³/mol. The second-order valence-corrected chi connectivity index (χ2v) is 2.73. The first-order valence-electron chi connectivity index (χ1n) is 3.75. The fourth-order valence-corrected chi connectivity index (χ4v) is 1.28. The van der Waals surface area contributed by atoms with Gasteiger partial charge in [0.2, 0.25) is 0 Å². The maximum Gasteiger partial charge on any atom is 0.161 e. The summed E-state index contributed by atoms with van der Waals surface area (Å²) in [6.07, 6.45) is 4.14. The first-order valence-corrected chi connectivity index (χ1v) is 3.75. The number of hydrogen-bond acceptors (Lipinski definition) is 1. The molecule has 10 heavy (non-hydrogen) atoms. The molecule has 1 rings (SSSR count). The highest BCUT2D eigenvalue weighted by molar-refractivity contribution is 5.00. The standard InChI is InChI=1S/C8H11FN/c9-8-5-3-1-2-4-7(8)6-10/h7H,1-5H2. The van der Waals surface area contributed by atoms with Crippen LogP contribution in [-0.4, -0.2) is 0 Å². The van der Waals surface area contributed by atoms with E-state index in [9.17, 15) is 4.39 Å². The van der Waals surface area contributed by atoms with E-state index in [0.29, 0.717) is 6.42 Å². The molecule has 1 atom stereocenters. The molecule has 1 unspecified atom stereocenters. The van der Waals surface area contributed by atoms with Crippen LogP contribution in [0.15, 0.2) is 0 Å². The Morgan fingerprint density at radius 1 is 1.40 bits per heavy atom. The zero-order chi connectivity index (χ0) is 7.40. The molecule has 1 aliphatic rings. The highest BCUT2D eigenvalue weighted by Gasteiger charge is 2.23. The summed E-state index contributed by atoms with van der Waals surface area (Å²) in [7, 11) is 0. The van der Waals surface area contributed by atoms with Crippen LogP contribution in [0.3, 0.4) is 0 Å². The van der Waals surface area contributed by atoms with Gasteiger partial charge < -0.3 is 0 Å². The van der Waals surface area contributed by atoms with Crippen LogP contribution in [0.4, 0.5) is 4.39 Å². The number of halogens is 1. The molecule has 2 heteroatoms. The SMILES string of the molecule is N#CC1CCCCC[C]1F. The maximum atomic E-state index is 12.8. The van der Waals surface area contributed by atoms with Gasteiger partial charge in [-0.1, -0.05) is 19.3 Å². The molecule has 0 aromatic rings. The van der Waals surface area contributed by atoms with E-state index in [4.69, 9.17) is 5.26 Å². The van der Waals surface area contributed by atoms with Gasteiger partial charge in [-0.2, -0.15) is 5.26 Å². The second kappa shape index (κ2) is 3.55. The average Bonchev–Trinajstić information content (AvgIpc) is 2.13. The van der Waals surface area contributed by atoms with Gasteiger partial charge in [0.1, 0.15) is 0 Å². The molecule has 55 valence electrons. The van der Waals surface area contributed by atoms with E-state index >= 15 is 0 Å². The molecule has 1 radical (unpaired) electrons. The minimum Gasteiger partial charge on any atom is -0.239 e. The zero-order valence-corrected chi connectivity index (χ0v) is 5.94. The fraction of sp³-hybridized carbons (Fsp3) is 0.750. The summed E-state index contributed by atoms with van der Waals surface area (Å²) in [6, 6.07) is 1.98. The fourth-order valence-electron chi connectivity index (χ4n) is 1.28. The summed E-state index contributed by atoms with van der Waals surface area (Å²) in [5.74, 6) is -0.400. The van der Waals surface area contributed by atoms with Crippen molar-refractivity contribution >= 4 is 0 Å². The number of nitrogens with zero attached hydrogens (tertiary/aromatic N) is 1. The van der Waals surface area contributed by atoms with Crippen molar-refractivity contribution in [3.05, 3.63) is 6.17 Å². The number of nitriles is 1. The Kier molecular flexibility index (Phi) is 2.68. The lowest BCUT2D eigenvalue weighted by atomic mass is 10.0. The van der Waals surface area contributed by atoms with E-state index in [1.807, 2.05) is 6.07 Å². The molecule has 0 N–H and O–H groups in total. The molecule has 1 fully saturated rings. The molecule has 0 aliphatic heterocycles. The van der Waals surface area contributed by atoms with E-state index in [1.165, 1.54) is 0 Å². The molecule has 0 bridgehead atoms. The van der Waals surface area contributed by atoms with Gasteiger partial charge in [0, 0.05) is 0 Å². The topological polar surface area (TPSA) is 23.8 Å². The van der Waals surface area contributed by atoms with Crippen LogP contribution in [0.5, 0.6) is 0 Å². The zero-order valence-electron chi connectivity index (χ0n) is 5.94. The van der Waals surface area contributed by atoms with Crippen molar-refractivity contribution in [2.24, 2.45) is 5.92 Å². The van der Waals surface area contributed by atoms with E-state index in [2.05, 4.69) is 0 Å². The Balaban J connectivity index is 2.45. The molecule has 1 aliphatic carbocycles. The Morgan fingerprint density at radius 3 is 2.90 bits per heavy atom. The molecule has 0 aromatic carbocycles. The molecule has 0 heterocycles. The Hall–Kier alpha value is -0.580. The summed E-state index contributed by atoms with van der Waals surface area (Å²) in [6.45, 7) is 0. The monoisotopic (exact) mass is 140 g/mol. The van der Waals surface area contributed by atoms with Crippen molar-refractivity contribution in [3.8, 4) is 6.07 Å². The van der Waals surface area contributed by atoms with Gasteiger partial charge in [0.25, 0.3) is 0 Å². The molecule has 1 saturated carbocycles. The highest BCUT2D eigenvalue weighted by Crippen LogP contribution is 2.30. The summed E-state index contributed by atoms with van der Waals surface area (Å²) in [4.78, 5) is 0. The summed E-state index contributed by atoms with van der Waals surface area (Å²) < 4.78 is 12.8. The lowest BCUT2D eigenvalue weighted by Crippen LogP contribution is -2.02. The van der Waals surface area contributed by atoms with E-state index in [-0.39, 0.29) is 6.17 Å². The first kappa shape index (κ1) is 7.53. The third-order valence-corrected chi connectivity index (χ3v) is 1.94. The van der Waals surface area contributed by atoms with Gasteiger partial charge in [0.05, 0.1) is 12.0 Å². The Labute approximate surface area is 60.8 Å². The van der Waals surface area contributed by atoms with Crippen LogP contribution in [-0.2, 0) is 0 Å². The minimum atomic E-state index is -0.400. The number of hydrogen-bond donors (Lipinski definition) is 0. The Bertz CT molecular complexity index is 139. The van der Waals surface area contributed by atoms with Gasteiger partial charge in [-0.25, -0.2) is 4.39 Å². The van der Waals surface area contributed by atoms with Crippen LogP contribution in [0.1, 0.15) is 32.1 Å². The largest absolute Gasteiger partial charge is 0.239 e. The van der Waals surface area contributed by atoms with Crippen molar-refractivity contribution in [3.63, 3.8) is 0 Å².